The second-order valence-corrected chi connectivity index (χ2v) is 8.97. The van der Waals surface area contributed by atoms with Crippen LogP contribution in [0.2, 0.25) is 0 Å². The van der Waals surface area contributed by atoms with Crippen LogP contribution in [0.15, 0.2) is 42.5 Å². The van der Waals surface area contributed by atoms with Crippen LogP contribution in [-0.4, -0.2) is 84.8 Å². The van der Waals surface area contributed by atoms with Gasteiger partial charge in [-0.3, -0.25) is 24.2 Å². The van der Waals surface area contributed by atoms with Gasteiger partial charge in [0.1, 0.15) is 0 Å². The number of carbonyl (C=O) groups is 3. The Morgan fingerprint density at radius 1 is 0.800 bits per heavy atom. The highest BCUT2D eigenvalue weighted by Crippen LogP contribution is 2.19. The number of hydrogen-bond acceptors (Lipinski definition) is 5. The zero-order chi connectivity index (χ0) is 25.4. The summed E-state index contributed by atoms with van der Waals surface area (Å²) < 4.78 is 0. The maximum absolute atomic E-state index is 12.6. The summed E-state index contributed by atoms with van der Waals surface area (Å²) in [6, 6.07) is 13.0. The molecule has 35 heavy (non-hydrogen) atoms. The van der Waals surface area contributed by atoms with Gasteiger partial charge >= 0.3 is 0 Å². The van der Waals surface area contributed by atoms with Crippen molar-refractivity contribution in [3.63, 3.8) is 0 Å². The molecule has 0 bridgehead atoms. The molecule has 0 aliphatic carbocycles. The van der Waals surface area contributed by atoms with Crippen molar-refractivity contribution in [2.75, 3.05) is 63.0 Å². The van der Waals surface area contributed by atoms with E-state index in [1.807, 2.05) is 45.9 Å². The Kier molecular flexibility index (Phi) is 9.39. The number of nitrogens with one attached hydrogen (secondary N) is 2. The summed E-state index contributed by atoms with van der Waals surface area (Å²) in [5.41, 5.74) is 4.18. The number of carbonyl (C=O) groups excluding carboxylic acids is 3. The van der Waals surface area contributed by atoms with Crippen molar-refractivity contribution in [3.8, 4) is 0 Å². The van der Waals surface area contributed by atoms with Crippen LogP contribution in [0.5, 0.6) is 0 Å². The fraction of sp³-hybridized carbons (Fsp3) is 0.444. The molecule has 188 valence electrons. The third kappa shape index (κ3) is 7.37. The van der Waals surface area contributed by atoms with E-state index < -0.39 is 0 Å². The SMILES string of the molecule is CCN(CC)C(=O)c1cccc(NC(=O)CN2CCN(CC(=O)Nc3c(C)cccc3C)CC2)c1. The lowest BCUT2D eigenvalue weighted by molar-refractivity contribution is -0.120. The predicted molar refractivity (Wildman–Crippen MR) is 140 cm³/mol. The van der Waals surface area contributed by atoms with Crippen LogP contribution in [0.25, 0.3) is 0 Å². The van der Waals surface area contributed by atoms with Gasteiger partial charge in [0.15, 0.2) is 0 Å². The van der Waals surface area contributed by atoms with Gasteiger partial charge < -0.3 is 15.5 Å². The van der Waals surface area contributed by atoms with E-state index in [2.05, 4.69) is 20.4 Å². The van der Waals surface area contributed by atoms with Crippen LogP contribution < -0.4 is 10.6 Å². The Morgan fingerprint density at radius 3 is 1.86 bits per heavy atom. The first-order valence-electron chi connectivity index (χ1n) is 12.3. The largest absolute Gasteiger partial charge is 0.339 e. The molecule has 3 rings (SSSR count). The normalized spacial score (nSPS) is 14.4. The van der Waals surface area contributed by atoms with Gasteiger partial charge in [-0.15, -0.1) is 0 Å². The molecule has 1 aliphatic rings. The predicted octanol–water partition coefficient (Wildman–Crippen LogP) is 2.98. The van der Waals surface area contributed by atoms with E-state index in [0.717, 1.165) is 29.9 Å². The number of rotatable bonds is 9. The fourth-order valence-corrected chi connectivity index (χ4v) is 4.33. The number of nitrogens with zero attached hydrogens (tertiary/aromatic N) is 3. The van der Waals surface area contributed by atoms with Gasteiger partial charge in [-0.05, 0) is 57.0 Å². The van der Waals surface area contributed by atoms with E-state index in [1.165, 1.54) is 0 Å². The first-order valence-corrected chi connectivity index (χ1v) is 12.3. The number of aryl methyl sites for hydroxylation is 2. The molecule has 8 nitrogen and oxygen atoms in total. The molecule has 1 aliphatic heterocycles. The van der Waals surface area contributed by atoms with Gasteiger partial charge in [0.2, 0.25) is 11.8 Å². The quantitative estimate of drug-likeness (QED) is 0.578. The Bertz CT molecular complexity index is 1020. The van der Waals surface area contributed by atoms with Crippen molar-refractivity contribution < 1.29 is 14.4 Å². The van der Waals surface area contributed by atoms with Crippen LogP contribution in [0, 0.1) is 13.8 Å². The molecule has 8 heteroatoms. The summed E-state index contributed by atoms with van der Waals surface area (Å²) in [6.07, 6.45) is 0. The molecule has 1 heterocycles. The number of para-hydroxylation sites is 1. The molecule has 1 saturated heterocycles. The molecule has 0 saturated carbocycles. The highest BCUT2D eigenvalue weighted by Gasteiger charge is 2.21. The Balaban J connectivity index is 1.44. The number of benzene rings is 2. The molecule has 2 aromatic rings. The lowest BCUT2D eigenvalue weighted by Gasteiger charge is -2.33. The maximum Gasteiger partial charge on any atom is 0.253 e. The molecule has 3 amide bonds. The standard InChI is InChI=1S/C27H37N5O3/c1-5-32(6-2)27(35)22-11-8-12-23(17-22)28-24(33)18-30-13-15-31(16-14-30)19-25(34)29-26-20(3)9-7-10-21(26)4/h7-12,17H,5-6,13-16,18-19H2,1-4H3,(H,28,33)(H,29,34). The number of amides is 3. The second kappa shape index (κ2) is 12.5. The van der Waals surface area contributed by atoms with E-state index in [1.54, 1.807) is 29.2 Å². The fourth-order valence-electron chi connectivity index (χ4n) is 4.33. The Morgan fingerprint density at radius 2 is 1.31 bits per heavy atom. The summed E-state index contributed by atoms with van der Waals surface area (Å²) in [4.78, 5) is 43.7. The summed E-state index contributed by atoms with van der Waals surface area (Å²) in [7, 11) is 0. The van der Waals surface area contributed by atoms with Crippen LogP contribution in [-0.2, 0) is 9.59 Å². The van der Waals surface area contributed by atoms with Crippen LogP contribution in [0.1, 0.15) is 35.3 Å². The summed E-state index contributed by atoms with van der Waals surface area (Å²) in [6.45, 7) is 12.7. The van der Waals surface area contributed by atoms with Crippen LogP contribution in [0.3, 0.4) is 0 Å². The lowest BCUT2D eigenvalue weighted by Crippen LogP contribution is -2.50. The third-order valence-corrected chi connectivity index (χ3v) is 6.39. The zero-order valence-corrected chi connectivity index (χ0v) is 21.3. The number of anilines is 2. The molecule has 0 aromatic heterocycles. The smallest absolute Gasteiger partial charge is 0.253 e. The number of hydrogen-bond donors (Lipinski definition) is 2. The van der Waals surface area contributed by atoms with Gasteiger partial charge in [-0.1, -0.05) is 24.3 Å². The van der Waals surface area contributed by atoms with Crippen LogP contribution >= 0.6 is 0 Å². The molecular weight excluding hydrogens is 442 g/mol. The second-order valence-electron chi connectivity index (χ2n) is 8.97. The van der Waals surface area contributed by atoms with Crippen molar-refractivity contribution in [2.45, 2.75) is 27.7 Å². The average Bonchev–Trinajstić information content (AvgIpc) is 2.83. The van der Waals surface area contributed by atoms with E-state index in [9.17, 15) is 14.4 Å². The van der Waals surface area contributed by atoms with Crippen molar-refractivity contribution in [3.05, 3.63) is 59.2 Å². The summed E-state index contributed by atoms with van der Waals surface area (Å²) in [5.74, 6) is -0.171. The average molecular weight is 480 g/mol. The monoisotopic (exact) mass is 479 g/mol. The highest BCUT2D eigenvalue weighted by molar-refractivity contribution is 5.97. The molecule has 0 spiro atoms. The van der Waals surface area contributed by atoms with Gasteiger partial charge in [0.25, 0.3) is 5.91 Å². The molecule has 0 radical (unpaired) electrons. The van der Waals surface area contributed by atoms with E-state index in [0.29, 0.717) is 44.0 Å². The molecule has 2 N–H and O–H groups in total. The molecule has 1 fully saturated rings. The molecular formula is C27H37N5O3. The van der Waals surface area contributed by atoms with Crippen LogP contribution in [0.4, 0.5) is 11.4 Å². The van der Waals surface area contributed by atoms with Crippen molar-refractivity contribution in [1.82, 2.24) is 14.7 Å². The van der Waals surface area contributed by atoms with Gasteiger partial charge in [0, 0.05) is 56.2 Å². The van der Waals surface area contributed by atoms with Crippen molar-refractivity contribution in [2.24, 2.45) is 0 Å². The number of piperazine rings is 1. The van der Waals surface area contributed by atoms with Gasteiger partial charge in [-0.2, -0.15) is 0 Å². The van der Waals surface area contributed by atoms with Gasteiger partial charge in [-0.25, -0.2) is 0 Å². The summed E-state index contributed by atoms with van der Waals surface area (Å²) >= 11 is 0. The topological polar surface area (TPSA) is 85.0 Å². The zero-order valence-electron chi connectivity index (χ0n) is 21.3. The highest BCUT2D eigenvalue weighted by atomic mass is 16.2. The minimum Gasteiger partial charge on any atom is -0.339 e. The molecule has 2 aromatic carbocycles. The van der Waals surface area contributed by atoms with E-state index in [-0.39, 0.29) is 24.3 Å². The summed E-state index contributed by atoms with van der Waals surface area (Å²) in [5, 5.41) is 5.95. The molecule has 0 atom stereocenters. The lowest BCUT2D eigenvalue weighted by atomic mass is 10.1. The third-order valence-electron chi connectivity index (χ3n) is 6.39. The van der Waals surface area contributed by atoms with E-state index >= 15 is 0 Å². The van der Waals surface area contributed by atoms with E-state index in [4.69, 9.17) is 0 Å². The Labute approximate surface area is 208 Å². The van der Waals surface area contributed by atoms with Crippen molar-refractivity contribution >= 4 is 29.1 Å². The Hall–Kier alpha value is -3.23. The van der Waals surface area contributed by atoms with Crippen molar-refractivity contribution in [1.29, 1.82) is 0 Å². The minimum atomic E-state index is -0.112. The first kappa shape index (κ1) is 26.4. The van der Waals surface area contributed by atoms with Gasteiger partial charge in [0.05, 0.1) is 13.1 Å². The maximum atomic E-state index is 12.6. The molecule has 0 unspecified atom stereocenters. The minimum absolute atomic E-state index is 0.0206. The first-order chi connectivity index (χ1) is 16.8.